The molecular weight excluding hydrogens is 214 g/mol. The number of piperidine rings is 1. The number of Topliss-reactive ketones (excluding diaryl/α,β-unsaturated/α-hetero) is 1. The van der Waals surface area contributed by atoms with Gasteiger partial charge in [0.2, 0.25) is 0 Å². The third-order valence-electron chi connectivity index (χ3n) is 2.32. The lowest BCUT2D eigenvalue weighted by Gasteiger charge is -2.22. The lowest BCUT2D eigenvalue weighted by molar-refractivity contribution is -0.126. The van der Waals surface area contributed by atoms with E-state index in [1.165, 1.54) is 0 Å². The van der Waals surface area contributed by atoms with Crippen LogP contribution in [0.4, 0.5) is 0 Å². The zero-order chi connectivity index (χ0) is 10.7. The molecule has 4 heteroatoms. The fourth-order valence-corrected chi connectivity index (χ4v) is 1.73. The SMILES string of the molecule is O=C1CNCCC1Oc1cccc(Cl)c1. The minimum atomic E-state index is -0.329. The Bertz CT molecular complexity index is 367. The zero-order valence-corrected chi connectivity index (χ0v) is 8.96. The maximum absolute atomic E-state index is 11.5. The minimum Gasteiger partial charge on any atom is -0.483 e. The van der Waals surface area contributed by atoms with Gasteiger partial charge in [-0.05, 0) is 24.7 Å². The fourth-order valence-electron chi connectivity index (χ4n) is 1.55. The monoisotopic (exact) mass is 225 g/mol. The van der Waals surface area contributed by atoms with Gasteiger partial charge < -0.3 is 10.1 Å². The number of carbonyl (C=O) groups excluding carboxylic acids is 1. The molecule has 1 saturated heterocycles. The molecule has 1 aromatic carbocycles. The Morgan fingerprint density at radius 3 is 3.07 bits per heavy atom. The van der Waals surface area contributed by atoms with Gasteiger partial charge in [0.15, 0.2) is 11.9 Å². The van der Waals surface area contributed by atoms with Crippen LogP contribution in [0.5, 0.6) is 5.75 Å². The fraction of sp³-hybridized carbons (Fsp3) is 0.364. The molecular formula is C11H12ClNO2. The zero-order valence-electron chi connectivity index (χ0n) is 8.20. The van der Waals surface area contributed by atoms with Crippen LogP contribution < -0.4 is 10.1 Å². The standard InChI is InChI=1S/C11H12ClNO2/c12-8-2-1-3-9(6-8)15-11-4-5-13-7-10(11)14/h1-3,6,11,13H,4-5,7H2. The number of ether oxygens (including phenoxy) is 1. The highest BCUT2D eigenvalue weighted by atomic mass is 35.5. The number of ketones is 1. The Morgan fingerprint density at radius 1 is 1.47 bits per heavy atom. The van der Waals surface area contributed by atoms with Crippen molar-refractivity contribution in [2.24, 2.45) is 0 Å². The maximum Gasteiger partial charge on any atom is 0.187 e. The lowest BCUT2D eigenvalue weighted by atomic mass is 10.1. The lowest BCUT2D eigenvalue weighted by Crippen LogP contribution is -2.43. The highest BCUT2D eigenvalue weighted by molar-refractivity contribution is 6.30. The Hall–Kier alpha value is -1.06. The van der Waals surface area contributed by atoms with E-state index in [-0.39, 0.29) is 11.9 Å². The van der Waals surface area contributed by atoms with Crippen LogP contribution in [0.25, 0.3) is 0 Å². The van der Waals surface area contributed by atoms with E-state index in [0.29, 0.717) is 23.7 Å². The molecule has 0 aromatic heterocycles. The summed E-state index contributed by atoms with van der Waals surface area (Å²) in [6, 6.07) is 7.11. The van der Waals surface area contributed by atoms with Crippen molar-refractivity contribution in [2.75, 3.05) is 13.1 Å². The van der Waals surface area contributed by atoms with Gasteiger partial charge in [0.25, 0.3) is 0 Å². The smallest absolute Gasteiger partial charge is 0.187 e. The first-order valence-electron chi connectivity index (χ1n) is 4.91. The Balaban J connectivity index is 2.04. The molecule has 1 aliphatic rings. The molecule has 0 saturated carbocycles. The van der Waals surface area contributed by atoms with Crippen LogP contribution in [-0.4, -0.2) is 25.0 Å². The van der Waals surface area contributed by atoms with Gasteiger partial charge in [-0.15, -0.1) is 0 Å². The summed E-state index contributed by atoms with van der Waals surface area (Å²) in [5.41, 5.74) is 0. The predicted octanol–water partition coefficient (Wildman–Crippen LogP) is 1.65. The van der Waals surface area contributed by atoms with E-state index in [2.05, 4.69) is 5.32 Å². The molecule has 0 amide bonds. The second-order valence-electron chi connectivity index (χ2n) is 3.50. The second kappa shape index (κ2) is 4.64. The summed E-state index contributed by atoms with van der Waals surface area (Å²) in [5.74, 6) is 0.754. The van der Waals surface area contributed by atoms with Gasteiger partial charge in [-0.1, -0.05) is 17.7 Å². The van der Waals surface area contributed by atoms with E-state index in [0.717, 1.165) is 6.54 Å². The van der Waals surface area contributed by atoms with Crippen LogP contribution in [0.1, 0.15) is 6.42 Å². The summed E-state index contributed by atoms with van der Waals surface area (Å²) in [7, 11) is 0. The molecule has 80 valence electrons. The summed E-state index contributed by atoms with van der Waals surface area (Å²) in [6.07, 6.45) is 0.385. The molecule has 3 nitrogen and oxygen atoms in total. The van der Waals surface area contributed by atoms with Crippen molar-refractivity contribution in [3.8, 4) is 5.75 Å². The molecule has 0 bridgehead atoms. The average molecular weight is 226 g/mol. The molecule has 15 heavy (non-hydrogen) atoms. The highest BCUT2D eigenvalue weighted by Gasteiger charge is 2.23. The van der Waals surface area contributed by atoms with E-state index in [9.17, 15) is 4.79 Å². The topological polar surface area (TPSA) is 38.3 Å². The van der Waals surface area contributed by atoms with Crippen molar-refractivity contribution < 1.29 is 9.53 Å². The van der Waals surface area contributed by atoms with Crippen molar-refractivity contribution in [3.63, 3.8) is 0 Å². The van der Waals surface area contributed by atoms with Crippen molar-refractivity contribution >= 4 is 17.4 Å². The number of halogens is 1. The first-order valence-corrected chi connectivity index (χ1v) is 5.29. The number of hydrogen-bond donors (Lipinski definition) is 1. The van der Waals surface area contributed by atoms with E-state index < -0.39 is 0 Å². The van der Waals surface area contributed by atoms with Gasteiger partial charge in [0.1, 0.15) is 5.75 Å². The highest BCUT2D eigenvalue weighted by Crippen LogP contribution is 2.19. The third-order valence-corrected chi connectivity index (χ3v) is 2.55. The van der Waals surface area contributed by atoms with Gasteiger partial charge in [0.05, 0.1) is 6.54 Å². The van der Waals surface area contributed by atoms with Gasteiger partial charge in [0, 0.05) is 11.4 Å². The predicted molar refractivity (Wildman–Crippen MR) is 58.4 cm³/mol. The van der Waals surface area contributed by atoms with Crippen molar-refractivity contribution in [2.45, 2.75) is 12.5 Å². The number of benzene rings is 1. The van der Waals surface area contributed by atoms with Crippen molar-refractivity contribution in [3.05, 3.63) is 29.3 Å². The molecule has 1 aliphatic heterocycles. The minimum absolute atomic E-state index is 0.0984. The normalized spacial score (nSPS) is 21.4. The van der Waals surface area contributed by atoms with E-state index in [1.807, 2.05) is 6.07 Å². The van der Waals surface area contributed by atoms with Gasteiger partial charge in [-0.2, -0.15) is 0 Å². The Morgan fingerprint density at radius 2 is 2.33 bits per heavy atom. The molecule has 1 unspecified atom stereocenters. The summed E-state index contributed by atoms with van der Waals surface area (Å²) in [5, 5.41) is 3.63. The quantitative estimate of drug-likeness (QED) is 0.832. The maximum atomic E-state index is 11.5. The van der Waals surface area contributed by atoms with Gasteiger partial charge in [-0.3, -0.25) is 4.79 Å². The Kier molecular flexibility index (Phi) is 3.23. The second-order valence-corrected chi connectivity index (χ2v) is 3.93. The number of rotatable bonds is 2. The first kappa shape index (κ1) is 10.5. The molecule has 0 spiro atoms. The average Bonchev–Trinajstić information content (AvgIpc) is 2.22. The van der Waals surface area contributed by atoms with E-state index >= 15 is 0 Å². The van der Waals surface area contributed by atoms with Crippen LogP contribution in [0.15, 0.2) is 24.3 Å². The first-order chi connectivity index (χ1) is 7.25. The molecule has 0 radical (unpaired) electrons. The number of carbonyl (C=O) groups is 1. The molecule has 0 aliphatic carbocycles. The van der Waals surface area contributed by atoms with E-state index in [4.69, 9.17) is 16.3 Å². The summed E-state index contributed by atoms with van der Waals surface area (Å²) in [6.45, 7) is 1.21. The Labute approximate surface area is 93.4 Å². The van der Waals surface area contributed by atoms with Crippen LogP contribution in [0.3, 0.4) is 0 Å². The number of hydrogen-bond acceptors (Lipinski definition) is 3. The van der Waals surface area contributed by atoms with Gasteiger partial charge >= 0.3 is 0 Å². The van der Waals surface area contributed by atoms with Crippen molar-refractivity contribution in [1.82, 2.24) is 5.32 Å². The van der Waals surface area contributed by atoms with Crippen molar-refractivity contribution in [1.29, 1.82) is 0 Å². The van der Waals surface area contributed by atoms with Crippen LogP contribution in [-0.2, 0) is 4.79 Å². The van der Waals surface area contributed by atoms with Crippen LogP contribution >= 0.6 is 11.6 Å². The summed E-state index contributed by atoms with van der Waals surface area (Å²) < 4.78 is 5.57. The molecule has 1 N–H and O–H groups in total. The summed E-state index contributed by atoms with van der Waals surface area (Å²) in [4.78, 5) is 11.5. The third kappa shape index (κ3) is 2.70. The molecule has 1 heterocycles. The molecule has 1 fully saturated rings. The van der Waals surface area contributed by atoms with Crippen LogP contribution in [0.2, 0.25) is 5.02 Å². The largest absolute Gasteiger partial charge is 0.483 e. The molecule has 2 rings (SSSR count). The van der Waals surface area contributed by atoms with Crippen LogP contribution in [0, 0.1) is 0 Å². The summed E-state index contributed by atoms with van der Waals surface area (Å²) >= 11 is 5.82. The molecule has 1 aromatic rings. The van der Waals surface area contributed by atoms with Gasteiger partial charge in [-0.25, -0.2) is 0 Å². The van der Waals surface area contributed by atoms with E-state index in [1.54, 1.807) is 18.2 Å². The number of nitrogens with one attached hydrogen (secondary N) is 1. The molecule has 1 atom stereocenters.